The summed E-state index contributed by atoms with van der Waals surface area (Å²) >= 11 is 1.62. The van der Waals surface area contributed by atoms with E-state index in [1.54, 1.807) is 42.5 Å². The molecule has 2 unspecified atom stereocenters. The third kappa shape index (κ3) is 4.82. The van der Waals surface area contributed by atoms with E-state index < -0.39 is 15.8 Å². The maximum Gasteiger partial charge on any atom is 0.262 e. The molecule has 3 aromatic rings. The van der Waals surface area contributed by atoms with E-state index >= 15 is 0 Å². The SMILES string of the molecule is Cc1csc(-c2ccc(S(=O)(=O)Nc3cc(N4CC(C)NC(C)C4)ccc3F)c(C)c2)c1. The van der Waals surface area contributed by atoms with Crippen LogP contribution in [0.1, 0.15) is 25.0 Å². The molecule has 1 saturated heterocycles. The first kappa shape index (κ1) is 22.8. The van der Waals surface area contributed by atoms with E-state index in [1.165, 1.54) is 11.6 Å². The highest BCUT2D eigenvalue weighted by molar-refractivity contribution is 7.92. The number of hydrogen-bond acceptors (Lipinski definition) is 5. The van der Waals surface area contributed by atoms with Crippen LogP contribution in [0.3, 0.4) is 0 Å². The van der Waals surface area contributed by atoms with Gasteiger partial charge in [0.25, 0.3) is 10.0 Å². The molecule has 2 heterocycles. The Hall–Kier alpha value is -2.42. The quantitative estimate of drug-likeness (QED) is 0.537. The Morgan fingerprint density at radius 1 is 1.06 bits per heavy atom. The van der Waals surface area contributed by atoms with E-state index in [0.29, 0.717) is 5.56 Å². The highest BCUT2D eigenvalue weighted by Gasteiger charge is 2.24. The molecule has 170 valence electrons. The Balaban J connectivity index is 1.61. The Kier molecular flexibility index (Phi) is 6.29. The molecule has 4 rings (SSSR count). The number of anilines is 2. The first-order chi connectivity index (χ1) is 15.1. The van der Waals surface area contributed by atoms with Gasteiger partial charge in [-0.05, 0) is 86.2 Å². The van der Waals surface area contributed by atoms with Gasteiger partial charge >= 0.3 is 0 Å². The second kappa shape index (κ2) is 8.84. The maximum absolute atomic E-state index is 14.6. The molecule has 0 bridgehead atoms. The van der Waals surface area contributed by atoms with Crippen molar-refractivity contribution in [2.45, 2.75) is 44.7 Å². The molecule has 0 saturated carbocycles. The van der Waals surface area contributed by atoms with Crippen molar-refractivity contribution >= 4 is 32.7 Å². The average molecular weight is 474 g/mol. The lowest BCUT2D eigenvalue weighted by atomic mass is 10.1. The van der Waals surface area contributed by atoms with Crippen LogP contribution in [0.5, 0.6) is 0 Å². The molecule has 0 amide bonds. The van der Waals surface area contributed by atoms with E-state index in [9.17, 15) is 12.8 Å². The Morgan fingerprint density at radius 2 is 1.78 bits per heavy atom. The average Bonchev–Trinajstić information content (AvgIpc) is 3.15. The summed E-state index contributed by atoms with van der Waals surface area (Å²) in [5.74, 6) is -0.600. The van der Waals surface area contributed by atoms with Crippen LogP contribution in [-0.4, -0.2) is 33.6 Å². The van der Waals surface area contributed by atoms with E-state index in [0.717, 1.165) is 29.2 Å². The number of rotatable bonds is 5. The van der Waals surface area contributed by atoms with Crippen LogP contribution in [0.15, 0.2) is 52.7 Å². The number of halogens is 1. The highest BCUT2D eigenvalue weighted by Crippen LogP contribution is 2.31. The molecule has 1 fully saturated rings. The van der Waals surface area contributed by atoms with Crippen molar-refractivity contribution in [2.24, 2.45) is 0 Å². The van der Waals surface area contributed by atoms with E-state index in [1.807, 2.05) is 13.0 Å². The molecule has 2 aromatic carbocycles. The summed E-state index contributed by atoms with van der Waals surface area (Å²) in [6.45, 7) is 9.52. The molecule has 32 heavy (non-hydrogen) atoms. The van der Waals surface area contributed by atoms with Crippen LogP contribution >= 0.6 is 11.3 Å². The van der Waals surface area contributed by atoms with Crippen molar-refractivity contribution in [3.8, 4) is 10.4 Å². The molecule has 1 aromatic heterocycles. The third-order valence-electron chi connectivity index (χ3n) is 5.60. The molecule has 8 heteroatoms. The van der Waals surface area contributed by atoms with Gasteiger partial charge in [0.1, 0.15) is 5.82 Å². The summed E-state index contributed by atoms with van der Waals surface area (Å²) in [7, 11) is -3.95. The monoisotopic (exact) mass is 473 g/mol. The zero-order valence-electron chi connectivity index (χ0n) is 18.6. The minimum Gasteiger partial charge on any atom is -0.368 e. The molecule has 0 spiro atoms. The van der Waals surface area contributed by atoms with Crippen molar-refractivity contribution in [1.82, 2.24) is 5.32 Å². The summed E-state index contributed by atoms with van der Waals surface area (Å²) in [6.07, 6.45) is 0. The molecule has 1 aliphatic rings. The number of hydrogen-bond donors (Lipinski definition) is 2. The summed E-state index contributed by atoms with van der Waals surface area (Å²) in [5.41, 5.74) is 3.50. The first-order valence-electron chi connectivity index (χ1n) is 10.6. The zero-order valence-corrected chi connectivity index (χ0v) is 20.3. The van der Waals surface area contributed by atoms with Gasteiger partial charge in [0.2, 0.25) is 0 Å². The predicted molar refractivity (Wildman–Crippen MR) is 131 cm³/mol. The lowest BCUT2D eigenvalue weighted by molar-refractivity contribution is 0.407. The Labute approximate surface area is 193 Å². The van der Waals surface area contributed by atoms with Gasteiger partial charge in [-0.2, -0.15) is 0 Å². The molecule has 1 aliphatic heterocycles. The predicted octanol–water partition coefficient (Wildman–Crippen LogP) is 5.16. The van der Waals surface area contributed by atoms with Gasteiger partial charge in [0.15, 0.2) is 0 Å². The number of aryl methyl sites for hydroxylation is 2. The molecular formula is C24H28FN3O2S2. The Morgan fingerprint density at radius 3 is 2.41 bits per heavy atom. The molecule has 2 atom stereocenters. The highest BCUT2D eigenvalue weighted by atomic mass is 32.2. The van der Waals surface area contributed by atoms with Gasteiger partial charge in [-0.3, -0.25) is 4.72 Å². The zero-order chi connectivity index (χ0) is 23.0. The van der Waals surface area contributed by atoms with Gasteiger partial charge in [0.05, 0.1) is 10.6 Å². The molecular weight excluding hydrogens is 445 g/mol. The second-order valence-electron chi connectivity index (χ2n) is 8.61. The smallest absolute Gasteiger partial charge is 0.262 e. The number of benzene rings is 2. The van der Waals surface area contributed by atoms with E-state index in [4.69, 9.17) is 0 Å². The fourth-order valence-electron chi connectivity index (χ4n) is 4.21. The number of piperazine rings is 1. The van der Waals surface area contributed by atoms with Crippen LogP contribution in [0.2, 0.25) is 0 Å². The molecule has 2 N–H and O–H groups in total. The third-order valence-corrected chi connectivity index (χ3v) is 8.22. The summed E-state index contributed by atoms with van der Waals surface area (Å²) in [5, 5.41) is 5.52. The maximum atomic E-state index is 14.6. The largest absolute Gasteiger partial charge is 0.368 e. The normalized spacial score (nSPS) is 19.2. The summed E-state index contributed by atoms with van der Waals surface area (Å²) < 4.78 is 43.3. The fraction of sp³-hybridized carbons (Fsp3) is 0.333. The second-order valence-corrected chi connectivity index (χ2v) is 11.2. The molecule has 0 aliphatic carbocycles. The first-order valence-corrected chi connectivity index (χ1v) is 13.0. The molecule has 0 radical (unpaired) electrons. The summed E-state index contributed by atoms with van der Waals surface area (Å²) in [4.78, 5) is 3.37. The van der Waals surface area contributed by atoms with Crippen LogP contribution in [0.4, 0.5) is 15.8 Å². The van der Waals surface area contributed by atoms with Gasteiger partial charge in [-0.25, -0.2) is 12.8 Å². The van der Waals surface area contributed by atoms with Gasteiger partial charge < -0.3 is 10.2 Å². The van der Waals surface area contributed by atoms with Gasteiger partial charge in [-0.1, -0.05) is 6.07 Å². The minimum atomic E-state index is -3.95. The standard InChI is InChI=1S/C24H28FN3O2S2/c1-15-9-23(31-14-15)19-5-8-24(16(2)10-19)32(29,30)27-22-11-20(6-7-21(22)25)28-12-17(3)26-18(4)13-28/h5-11,14,17-18,26-27H,12-13H2,1-4H3. The topological polar surface area (TPSA) is 61.4 Å². The van der Waals surface area contributed by atoms with Gasteiger partial charge in [-0.15, -0.1) is 11.3 Å². The van der Waals surface area contributed by atoms with Crippen molar-refractivity contribution in [3.63, 3.8) is 0 Å². The number of sulfonamides is 1. The van der Waals surface area contributed by atoms with Crippen molar-refractivity contribution in [1.29, 1.82) is 0 Å². The van der Waals surface area contributed by atoms with Crippen LogP contribution < -0.4 is 14.9 Å². The minimum absolute atomic E-state index is 0.0429. The van der Waals surface area contributed by atoms with Crippen molar-refractivity contribution < 1.29 is 12.8 Å². The van der Waals surface area contributed by atoms with Crippen molar-refractivity contribution in [2.75, 3.05) is 22.7 Å². The van der Waals surface area contributed by atoms with Gasteiger partial charge in [0, 0.05) is 35.7 Å². The number of nitrogens with zero attached hydrogens (tertiary/aromatic N) is 1. The van der Waals surface area contributed by atoms with E-state index in [2.05, 4.69) is 40.2 Å². The van der Waals surface area contributed by atoms with Crippen LogP contribution in [-0.2, 0) is 10.0 Å². The van der Waals surface area contributed by atoms with Crippen molar-refractivity contribution in [3.05, 3.63) is 64.8 Å². The lowest BCUT2D eigenvalue weighted by Gasteiger charge is -2.37. The lowest BCUT2D eigenvalue weighted by Crippen LogP contribution is -2.54. The van der Waals surface area contributed by atoms with Crippen LogP contribution in [0, 0.1) is 19.7 Å². The number of thiophene rings is 1. The van der Waals surface area contributed by atoms with E-state index in [-0.39, 0.29) is 22.7 Å². The molecule has 5 nitrogen and oxygen atoms in total. The van der Waals surface area contributed by atoms with Crippen LogP contribution in [0.25, 0.3) is 10.4 Å². The number of nitrogens with one attached hydrogen (secondary N) is 2. The summed E-state index contributed by atoms with van der Waals surface area (Å²) in [6, 6.07) is 12.5. The fourth-order valence-corrected chi connectivity index (χ4v) is 6.40. The Bertz CT molecular complexity index is 1230.